The van der Waals surface area contributed by atoms with Gasteiger partial charge in [-0.15, -0.1) is 0 Å². The number of esters is 1. The maximum atomic E-state index is 11.2. The van der Waals surface area contributed by atoms with Crippen molar-refractivity contribution < 1.29 is 19.6 Å². The Labute approximate surface area is 85.2 Å². The molecule has 1 aromatic carbocycles. The first kappa shape index (κ1) is 11.0. The fourth-order valence-electron chi connectivity index (χ4n) is 1.20. The normalized spacial score (nSPS) is 9.73. The molecule has 1 N–H and O–H groups in total. The van der Waals surface area contributed by atoms with E-state index in [1.807, 2.05) is 0 Å². The van der Waals surface area contributed by atoms with Crippen molar-refractivity contribution in [1.29, 1.82) is 0 Å². The molecule has 6 nitrogen and oxygen atoms in total. The molecule has 1 rings (SSSR count). The van der Waals surface area contributed by atoms with Crippen LogP contribution in [-0.2, 0) is 4.74 Å². The third kappa shape index (κ3) is 1.88. The number of hydrogen-bond acceptors (Lipinski definition) is 5. The number of rotatable bonds is 2. The summed E-state index contributed by atoms with van der Waals surface area (Å²) in [7, 11) is 1.13. The monoisotopic (exact) mass is 211 g/mol. The second kappa shape index (κ2) is 3.95. The van der Waals surface area contributed by atoms with Crippen LogP contribution >= 0.6 is 0 Å². The van der Waals surface area contributed by atoms with Crippen LogP contribution in [0.1, 0.15) is 15.9 Å². The van der Waals surface area contributed by atoms with Crippen molar-refractivity contribution in [3.05, 3.63) is 33.4 Å². The number of nitro groups is 1. The van der Waals surface area contributed by atoms with Crippen molar-refractivity contribution in [2.24, 2.45) is 0 Å². The third-order valence-electron chi connectivity index (χ3n) is 1.99. The molecule has 0 fully saturated rings. The zero-order chi connectivity index (χ0) is 11.6. The molecule has 0 aliphatic heterocycles. The molecular weight excluding hydrogens is 202 g/mol. The summed E-state index contributed by atoms with van der Waals surface area (Å²) in [6.07, 6.45) is 0. The van der Waals surface area contributed by atoms with Gasteiger partial charge in [-0.2, -0.15) is 0 Å². The highest BCUT2D eigenvalue weighted by Crippen LogP contribution is 2.30. The van der Waals surface area contributed by atoms with Crippen LogP contribution in [0.4, 0.5) is 5.69 Å². The molecule has 15 heavy (non-hydrogen) atoms. The lowest BCUT2D eigenvalue weighted by molar-refractivity contribution is -0.385. The van der Waals surface area contributed by atoms with E-state index >= 15 is 0 Å². The van der Waals surface area contributed by atoms with Crippen LogP contribution in [0, 0.1) is 17.0 Å². The van der Waals surface area contributed by atoms with E-state index in [1.165, 1.54) is 13.0 Å². The van der Waals surface area contributed by atoms with Crippen molar-refractivity contribution in [2.45, 2.75) is 6.92 Å². The molecule has 0 saturated carbocycles. The molecule has 0 aromatic heterocycles. The summed E-state index contributed by atoms with van der Waals surface area (Å²) in [5, 5.41) is 20.0. The van der Waals surface area contributed by atoms with Gasteiger partial charge in [0.05, 0.1) is 17.6 Å². The van der Waals surface area contributed by atoms with Crippen LogP contribution in [0.3, 0.4) is 0 Å². The summed E-state index contributed by atoms with van der Waals surface area (Å²) in [6, 6.07) is 2.38. The molecular formula is C9H9NO5. The van der Waals surface area contributed by atoms with Crippen molar-refractivity contribution in [3.63, 3.8) is 0 Å². The van der Waals surface area contributed by atoms with E-state index in [9.17, 15) is 20.0 Å². The highest BCUT2D eigenvalue weighted by molar-refractivity contribution is 5.94. The number of nitrogens with zero attached hydrogens (tertiary/aromatic N) is 1. The molecule has 0 unspecified atom stereocenters. The van der Waals surface area contributed by atoms with Gasteiger partial charge < -0.3 is 9.84 Å². The minimum absolute atomic E-state index is 0.0444. The number of phenols is 1. The summed E-state index contributed by atoms with van der Waals surface area (Å²) in [6.45, 7) is 1.36. The van der Waals surface area contributed by atoms with E-state index in [1.54, 1.807) is 0 Å². The Morgan fingerprint density at radius 2 is 2.13 bits per heavy atom. The predicted octanol–water partition coefficient (Wildman–Crippen LogP) is 1.40. The smallest absolute Gasteiger partial charge is 0.344 e. The first-order chi connectivity index (χ1) is 6.99. The Hall–Kier alpha value is -2.11. The number of aromatic hydroxyl groups is 1. The SMILES string of the molecule is COC(=O)c1ccc(O)c(C)c1[N+](=O)[O-]. The minimum Gasteiger partial charge on any atom is -0.507 e. The molecule has 0 amide bonds. The van der Waals surface area contributed by atoms with E-state index in [0.29, 0.717) is 0 Å². The summed E-state index contributed by atoms with van der Waals surface area (Å²) in [4.78, 5) is 21.2. The van der Waals surface area contributed by atoms with E-state index in [4.69, 9.17) is 0 Å². The van der Waals surface area contributed by atoms with Crippen molar-refractivity contribution >= 4 is 11.7 Å². The molecule has 0 aliphatic rings. The first-order valence-corrected chi connectivity index (χ1v) is 4.04. The maximum Gasteiger partial charge on any atom is 0.344 e. The van der Waals surface area contributed by atoms with Crippen LogP contribution < -0.4 is 0 Å². The number of ether oxygens (including phenoxy) is 1. The van der Waals surface area contributed by atoms with Crippen molar-refractivity contribution in [3.8, 4) is 5.75 Å². The Bertz CT molecular complexity index is 427. The van der Waals surface area contributed by atoms with E-state index in [0.717, 1.165) is 13.2 Å². The summed E-state index contributed by atoms with van der Waals surface area (Å²) < 4.78 is 4.40. The lowest BCUT2D eigenvalue weighted by atomic mass is 10.1. The number of hydrogen-bond donors (Lipinski definition) is 1. The highest BCUT2D eigenvalue weighted by Gasteiger charge is 2.25. The van der Waals surface area contributed by atoms with Gasteiger partial charge in [0.1, 0.15) is 11.3 Å². The standard InChI is InChI=1S/C9H9NO5/c1-5-7(11)4-3-6(9(12)15-2)8(5)10(13)14/h3-4,11H,1-2H3. The highest BCUT2D eigenvalue weighted by atomic mass is 16.6. The van der Waals surface area contributed by atoms with Crippen molar-refractivity contribution in [2.75, 3.05) is 7.11 Å². The first-order valence-electron chi connectivity index (χ1n) is 4.04. The zero-order valence-corrected chi connectivity index (χ0v) is 8.18. The fraction of sp³-hybridized carbons (Fsp3) is 0.222. The van der Waals surface area contributed by atoms with E-state index < -0.39 is 16.6 Å². The molecule has 80 valence electrons. The number of phenolic OH excluding ortho intramolecular Hbond substituents is 1. The lowest BCUT2D eigenvalue weighted by Crippen LogP contribution is -2.06. The quantitative estimate of drug-likeness (QED) is 0.453. The van der Waals surface area contributed by atoms with Crippen LogP contribution in [0.2, 0.25) is 0 Å². The molecule has 0 atom stereocenters. The van der Waals surface area contributed by atoms with Gasteiger partial charge >= 0.3 is 5.97 Å². The molecule has 1 aromatic rings. The van der Waals surface area contributed by atoms with Crippen LogP contribution in [-0.4, -0.2) is 23.1 Å². The Kier molecular flexibility index (Phi) is 2.89. The van der Waals surface area contributed by atoms with Gasteiger partial charge in [0.25, 0.3) is 5.69 Å². The van der Waals surface area contributed by atoms with Gasteiger partial charge in [0.2, 0.25) is 0 Å². The second-order valence-electron chi connectivity index (χ2n) is 2.85. The molecule has 0 spiro atoms. The number of nitro benzene ring substituents is 1. The maximum absolute atomic E-state index is 11.2. The average Bonchev–Trinajstić information content (AvgIpc) is 2.20. The minimum atomic E-state index is -0.801. The number of methoxy groups -OCH3 is 1. The van der Waals surface area contributed by atoms with Gasteiger partial charge in [-0.1, -0.05) is 0 Å². The van der Waals surface area contributed by atoms with E-state index in [2.05, 4.69) is 4.74 Å². The Balaban J connectivity index is 3.46. The molecule has 6 heteroatoms. The third-order valence-corrected chi connectivity index (χ3v) is 1.99. The van der Waals surface area contributed by atoms with Crippen molar-refractivity contribution in [1.82, 2.24) is 0 Å². The zero-order valence-electron chi connectivity index (χ0n) is 8.18. The van der Waals surface area contributed by atoms with Gasteiger partial charge in [-0.3, -0.25) is 10.1 Å². The topological polar surface area (TPSA) is 89.7 Å². The largest absolute Gasteiger partial charge is 0.507 e. The van der Waals surface area contributed by atoms with Crippen LogP contribution in [0.15, 0.2) is 12.1 Å². The van der Waals surface area contributed by atoms with Gasteiger partial charge in [0, 0.05) is 0 Å². The van der Waals surface area contributed by atoms with Gasteiger partial charge in [-0.05, 0) is 19.1 Å². The number of carbonyl (C=O) groups excluding carboxylic acids is 1. The summed E-state index contributed by atoms with van der Waals surface area (Å²) >= 11 is 0. The molecule has 0 bridgehead atoms. The Morgan fingerprint density at radius 3 is 2.60 bits per heavy atom. The Morgan fingerprint density at radius 1 is 1.53 bits per heavy atom. The molecule has 0 heterocycles. The van der Waals surface area contributed by atoms with Gasteiger partial charge in [0.15, 0.2) is 0 Å². The average molecular weight is 211 g/mol. The number of benzene rings is 1. The second-order valence-corrected chi connectivity index (χ2v) is 2.85. The molecule has 0 saturated heterocycles. The summed E-state index contributed by atoms with van der Waals surface area (Å²) in [5.74, 6) is -1.03. The van der Waals surface area contributed by atoms with Crippen LogP contribution in [0.25, 0.3) is 0 Å². The lowest BCUT2D eigenvalue weighted by Gasteiger charge is -2.04. The molecule has 0 aliphatic carbocycles. The summed E-state index contributed by atoms with van der Waals surface area (Å²) in [5.41, 5.74) is -0.553. The predicted molar refractivity (Wildman–Crippen MR) is 50.8 cm³/mol. The number of carbonyl (C=O) groups is 1. The molecule has 0 radical (unpaired) electrons. The fourth-order valence-corrected chi connectivity index (χ4v) is 1.20. The van der Waals surface area contributed by atoms with Crippen LogP contribution in [0.5, 0.6) is 5.75 Å². The van der Waals surface area contributed by atoms with Gasteiger partial charge in [-0.25, -0.2) is 4.79 Å². The van der Waals surface area contributed by atoms with E-state index in [-0.39, 0.29) is 16.9 Å².